The van der Waals surface area contributed by atoms with Crippen LogP contribution in [-0.2, 0) is 45.1 Å². The van der Waals surface area contributed by atoms with Crippen LogP contribution in [0.4, 0.5) is 22.7 Å². The van der Waals surface area contributed by atoms with E-state index in [1.54, 1.807) is 36.4 Å². The quantitative estimate of drug-likeness (QED) is 0.0490. The van der Waals surface area contributed by atoms with E-state index in [1.165, 1.54) is 0 Å². The van der Waals surface area contributed by atoms with Gasteiger partial charge in [-0.2, -0.15) is 0 Å². The molecule has 11 nitrogen and oxygen atoms in total. The molecular formula is C44H46BCl4N5O6. The molecule has 0 spiro atoms. The lowest BCUT2D eigenvalue weighted by Crippen LogP contribution is -2.27. The molecule has 0 radical (unpaired) electrons. The van der Waals surface area contributed by atoms with Gasteiger partial charge in [0.15, 0.2) is 11.6 Å². The first-order chi connectivity index (χ1) is 28.6. The van der Waals surface area contributed by atoms with Crippen molar-refractivity contribution in [1.29, 1.82) is 0 Å². The molecule has 1 aliphatic carbocycles. The molecule has 5 N–H and O–H groups in total. The summed E-state index contributed by atoms with van der Waals surface area (Å²) in [5, 5.41) is 15.5. The van der Waals surface area contributed by atoms with Crippen LogP contribution < -0.4 is 26.6 Å². The van der Waals surface area contributed by atoms with Crippen molar-refractivity contribution < 1.29 is 28.8 Å². The summed E-state index contributed by atoms with van der Waals surface area (Å²) < 4.78 is 0. The largest absolute Gasteiger partial charge is 0.354 e. The third kappa shape index (κ3) is 9.52. The van der Waals surface area contributed by atoms with E-state index in [0.29, 0.717) is 29.1 Å². The van der Waals surface area contributed by atoms with Crippen LogP contribution in [0.3, 0.4) is 0 Å². The number of alkyl halides is 4. The van der Waals surface area contributed by atoms with E-state index in [1.807, 2.05) is 41.5 Å². The molecule has 0 unspecified atom stereocenters. The van der Waals surface area contributed by atoms with Gasteiger partial charge in [-0.05, 0) is 116 Å². The van der Waals surface area contributed by atoms with Crippen LogP contribution in [0.1, 0.15) is 87.5 Å². The summed E-state index contributed by atoms with van der Waals surface area (Å²) in [7, 11) is 0.208. The maximum atomic E-state index is 14.7. The Morgan fingerprint density at radius 1 is 0.500 bits per heavy atom. The van der Waals surface area contributed by atoms with Crippen molar-refractivity contribution in [1.82, 2.24) is 16.0 Å². The highest BCUT2D eigenvalue weighted by Crippen LogP contribution is 2.42. The first-order valence-electron chi connectivity index (χ1n) is 19.3. The van der Waals surface area contributed by atoms with Gasteiger partial charge in [-0.1, -0.05) is 24.3 Å². The molecule has 16 heteroatoms. The zero-order valence-corrected chi connectivity index (χ0v) is 37.3. The van der Waals surface area contributed by atoms with Gasteiger partial charge >= 0.3 is 0 Å². The predicted molar refractivity (Wildman–Crippen MR) is 242 cm³/mol. The molecule has 0 saturated carbocycles. The Balaban J connectivity index is 1.72. The van der Waals surface area contributed by atoms with Gasteiger partial charge in [0.05, 0.1) is 28.4 Å². The van der Waals surface area contributed by atoms with E-state index in [2.05, 4.69) is 26.6 Å². The minimum Gasteiger partial charge on any atom is -0.354 e. The second kappa shape index (κ2) is 20.1. The fourth-order valence-electron chi connectivity index (χ4n) is 7.94. The lowest BCUT2D eigenvalue weighted by atomic mass is 9.66. The molecule has 0 saturated heterocycles. The van der Waals surface area contributed by atoms with E-state index in [-0.39, 0.29) is 108 Å². The third-order valence-electron chi connectivity index (χ3n) is 11.3. The van der Waals surface area contributed by atoms with Crippen LogP contribution in [0.2, 0.25) is 0 Å². The van der Waals surface area contributed by atoms with Gasteiger partial charge in [0.25, 0.3) is 0 Å². The summed E-state index contributed by atoms with van der Waals surface area (Å²) in [5.41, 5.74) is 10.9. The minimum absolute atomic E-state index is 0.110. The highest BCUT2D eigenvalue weighted by Gasteiger charge is 2.35. The minimum atomic E-state index is -0.361. The van der Waals surface area contributed by atoms with Crippen molar-refractivity contribution in [3.05, 3.63) is 114 Å². The molecule has 0 fully saturated rings. The summed E-state index contributed by atoms with van der Waals surface area (Å²) in [5.74, 6) is -2.55. The van der Waals surface area contributed by atoms with Crippen LogP contribution in [0.15, 0.2) is 36.4 Å². The topological polar surface area (TPSA) is 163 Å². The summed E-state index contributed by atoms with van der Waals surface area (Å²) in [6, 6.07) is 10.2. The lowest BCUT2D eigenvalue weighted by molar-refractivity contribution is -0.119. The lowest BCUT2D eigenvalue weighted by Gasteiger charge is -2.28. The normalized spacial score (nSPS) is 11.7. The molecular weight excluding hydrogens is 847 g/mol. The number of rotatable bonds is 17. The van der Waals surface area contributed by atoms with E-state index < -0.39 is 0 Å². The average molecular weight is 894 g/mol. The van der Waals surface area contributed by atoms with Crippen molar-refractivity contribution in [2.24, 2.45) is 0 Å². The second-order valence-corrected chi connectivity index (χ2v) is 15.8. The number of carbonyl (C=O) groups excluding carboxylic acids is 6. The van der Waals surface area contributed by atoms with Gasteiger partial charge in [-0.15, -0.1) is 46.4 Å². The number of fused-ring (bicyclic) bond motifs is 2. The van der Waals surface area contributed by atoms with Crippen molar-refractivity contribution in [3.63, 3.8) is 0 Å². The fraction of sp³-hybridized carbons (Fsp3) is 0.318. The molecule has 0 bridgehead atoms. The van der Waals surface area contributed by atoms with Gasteiger partial charge in [0, 0.05) is 42.1 Å². The number of carbonyl (C=O) groups is 6. The zero-order valence-electron chi connectivity index (χ0n) is 34.3. The molecule has 1 aliphatic rings. The number of hydrogen-bond donors (Lipinski definition) is 5. The highest BCUT2D eigenvalue weighted by atomic mass is 35.5. The Hall–Kier alpha value is -4.88. The smallest absolute Gasteiger partial charge is 0.235 e. The molecule has 4 aromatic carbocycles. The first kappa shape index (κ1) is 46.2. The Labute approximate surface area is 370 Å². The molecule has 0 heterocycles. The number of hydrogen-bond acceptors (Lipinski definition) is 8. The molecule has 60 heavy (non-hydrogen) atoms. The van der Waals surface area contributed by atoms with Crippen LogP contribution in [0, 0.1) is 41.5 Å². The van der Waals surface area contributed by atoms with Crippen molar-refractivity contribution >= 4 is 111 Å². The van der Waals surface area contributed by atoms with E-state index >= 15 is 0 Å². The standard InChI is InChI=1S/C44H46BCl4N5O6/c1-21-29(13-45-35(55)14-46)23(3)41(24(4)30(21)18-50-36(56)15-47)53-33-11-12-34(40-39(33)43(59)27-9-7-8-10-28(27)44(40)60)54-42-25(5)31(19-51-37(57)16-48)22(2)32(26(42)6)20-52-38(58)17-49/h7-12,45,53-54H,13-20H2,1-6H3,(H,50,56)(H,51,57)(H,52,58). The van der Waals surface area contributed by atoms with Gasteiger partial charge < -0.3 is 31.4 Å². The summed E-state index contributed by atoms with van der Waals surface area (Å²) in [6.45, 7) is 11.9. The van der Waals surface area contributed by atoms with E-state index in [9.17, 15) is 28.8 Å². The predicted octanol–water partition coefficient (Wildman–Crippen LogP) is 7.07. The van der Waals surface area contributed by atoms with E-state index in [0.717, 1.165) is 55.6 Å². The molecule has 5 rings (SSSR count). The summed E-state index contributed by atoms with van der Waals surface area (Å²) in [4.78, 5) is 78.5. The van der Waals surface area contributed by atoms with Gasteiger partial charge in [0.2, 0.25) is 25.0 Å². The zero-order chi connectivity index (χ0) is 44.0. The summed E-state index contributed by atoms with van der Waals surface area (Å²) in [6.07, 6.45) is 0.394. The third-order valence-corrected chi connectivity index (χ3v) is 12.3. The molecule has 0 atom stereocenters. The van der Waals surface area contributed by atoms with Crippen molar-refractivity contribution in [2.45, 2.75) is 67.5 Å². The van der Waals surface area contributed by atoms with Crippen molar-refractivity contribution in [3.8, 4) is 0 Å². The Morgan fingerprint density at radius 3 is 1.20 bits per heavy atom. The fourth-order valence-corrected chi connectivity index (χ4v) is 8.35. The molecule has 4 aromatic rings. The second-order valence-electron chi connectivity index (χ2n) is 14.7. The van der Waals surface area contributed by atoms with Crippen LogP contribution in [-0.4, -0.2) is 65.8 Å². The van der Waals surface area contributed by atoms with Crippen molar-refractivity contribution in [2.75, 3.05) is 34.2 Å². The highest BCUT2D eigenvalue weighted by molar-refractivity contribution is 6.76. The number of anilines is 4. The van der Waals surface area contributed by atoms with Crippen LogP contribution in [0.5, 0.6) is 0 Å². The Kier molecular flexibility index (Phi) is 15.5. The number of nitrogens with one attached hydrogen (secondary N) is 5. The SMILES string of the molecule is Cc1c(CBC(=O)CCl)c(C)c(Nc2ccc(Nc3c(C)c(CNC(=O)CCl)c(C)c(CNC(=O)CCl)c3C)c3c2C(=O)c2ccccc2C3=O)c(C)c1CNC(=O)CCl. The molecule has 3 amide bonds. The maximum absolute atomic E-state index is 14.7. The molecule has 0 aliphatic heterocycles. The summed E-state index contributed by atoms with van der Waals surface area (Å²) >= 11 is 23.3. The van der Waals surface area contributed by atoms with Gasteiger partial charge in [-0.3, -0.25) is 24.0 Å². The Morgan fingerprint density at radius 2 is 0.850 bits per heavy atom. The number of benzene rings is 4. The van der Waals surface area contributed by atoms with Crippen LogP contribution in [0.25, 0.3) is 0 Å². The van der Waals surface area contributed by atoms with Gasteiger partial charge in [-0.25, -0.2) is 0 Å². The first-order valence-corrected chi connectivity index (χ1v) is 21.4. The average Bonchev–Trinajstić information content (AvgIpc) is 3.24. The Bertz CT molecular complexity index is 2180. The van der Waals surface area contributed by atoms with Gasteiger partial charge in [0.1, 0.15) is 23.3 Å². The molecule has 314 valence electrons. The monoisotopic (exact) mass is 891 g/mol. The molecule has 0 aromatic heterocycles. The number of ketones is 2. The number of amides is 3. The van der Waals surface area contributed by atoms with E-state index in [4.69, 9.17) is 46.4 Å². The maximum Gasteiger partial charge on any atom is 0.235 e. The van der Waals surface area contributed by atoms with Crippen LogP contribution >= 0.6 is 46.4 Å². The number of halogens is 4.